The minimum atomic E-state index is -0.253. The summed E-state index contributed by atoms with van der Waals surface area (Å²) in [4.78, 5) is 32.9. The van der Waals surface area contributed by atoms with Gasteiger partial charge in [0.15, 0.2) is 0 Å². The second kappa shape index (κ2) is 9.05. The maximum atomic E-state index is 12.1. The van der Waals surface area contributed by atoms with Crippen LogP contribution in [0.3, 0.4) is 0 Å². The number of aryl methyl sites for hydroxylation is 1. The van der Waals surface area contributed by atoms with E-state index >= 15 is 0 Å². The lowest BCUT2D eigenvalue weighted by Gasteiger charge is -2.10. The summed E-state index contributed by atoms with van der Waals surface area (Å²) in [5, 5.41) is 8.07. The molecular formula is C20H20N4O2S. The van der Waals surface area contributed by atoms with E-state index in [1.54, 1.807) is 6.20 Å². The van der Waals surface area contributed by atoms with Gasteiger partial charge in [0.05, 0.1) is 24.4 Å². The summed E-state index contributed by atoms with van der Waals surface area (Å²) >= 11 is 1.44. The minimum absolute atomic E-state index is 0.0753. The largest absolute Gasteiger partial charge is 0.347 e. The number of benzene rings is 1. The fraction of sp³-hybridized carbons (Fsp3) is 0.200. The molecule has 1 aromatic carbocycles. The van der Waals surface area contributed by atoms with Crippen LogP contribution in [0.15, 0.2) is 54.0 Å². The average Bonchev–Trinajstić information content (AvgIpc) is 3.16. The van der Waals surface area contributed by atoms with E-state index < -0.39 is 0 Å². The number of carbonyl (C=O) groups excluding carboxylic acids is 2. The Bertz CT molecular complexity index is 924. The van der Waals surface area contributed by atoms with E-state index in [0.29, 0.717) is 5.69 Å². The van der Waals surface area contributed by atoms with Gasteiger partial charge in [0, 0.05) is 17.3 Å². The molecule has 0 aliphatic heterocycles. The van der Waals surface area contributed by atoms with Crippen molar-refractivity contribution in [2.45, 2.75) is 19.8 Å². The number of para-hydroxylation sites is 1. The van der Waals surface area contributed by atoms with Gasteiger partial charge >= 0.3 is 0 Å². The van der Waals surface area contributed by atoms with Crippen LogP contribution in [-0.4, -0.2) is 28.3 Å². The van der Waals surface area contributed by atoms with Crippen molar-refractivity contribution in [3.63, 3.8) is 0 Å². The summed E-state index contributed by atoms with van der Waals surface area (Å²) in [6, 6.07) is 13.2. The number of rotatable bonds is 7. The first-order chi connectivity index (χ1) is 13.2. The van der Waals surface area contributed by atoms with Crippen LogP contribution in [0.2, 0.25) is 0 Å². The maximum absolute atomic E-state index is 12.1. The number of nitrogens with one attached hydrogen (secondary N) is 2. The molecule has 0 aliphatic rings. The third kappa shape index (κ3) is 5.21. The molecule has 0 saturated carbocycles. The van der Waals surface area contributed by atoms with Crippen LogP contribution >= 0.6 is 11.3 Å². The molecule has 0 fully saturated rings. The molecule has 2 amide bonds. The number of pyridine rings is 1. The highest BCUT2D eigenvalue weighted by Gasteiger charge is 2.11. The van der Waals surface area contributed by atoms with E-state index in [2.05, 4.69) is 20.6 Å². The van der Waals surface area contributed by atoms with Crippen molar-refractivity contribution >= 4 is 28.8 Å². The predicted octanol–water partition coefficient (Wildman–Crippen LogP) is 3.06. The van der Waals surface area contributed by atoms with Crippen molar-refractivity contribution in [3.8, 4) is 10.7 Å². The van der Waals surface area contributed by atoms with Crippen molar-refractivity contribution in [2.24, 2.45) is 0 Å². The number of aromatic nitrogens is 2. The zero-order valence-corrected chi connectivity index (χ0v) is 15.8. The molecule has 27 heavy (non-hydrogen) atoms. The van der Waals surface area contributed by atoms with Crippen LogP contribution in [0.1, 0.15) is 18.2 Å². The van der Waals surface area contributed by atoms with Gasteiger partial charge in [-0.25, -0.2) is 4.98 Å². The molecule has 6 nitrogen and oxygen atoms in total. The van der Waals surface area contributed by atoms with E-state index in [9.17, 15) is 9.59 Å². The smallest absolute Gasteiger partial charge is 0.243 e. The second-order valence-corrected chi connectivity index (χ2v) is 6.73. The van der Waals surface area contributed by atoms with Gasteiger partial charge in [-0.05, 0) is 30.2 Å². The number of amides is 2. The first-order valence-electron chi connectivity index (χ1n) is 8.66. The molecule has 7 heteroatoms. The zero-order chi connectivity index (χ0) is 19.1. The lowest BCUT2D eigenvalue weighted by atomic mass is 10.1. The second-order valence-electron chi connectivity index (χ2n) is 5.87. The van der Waals surface area contributed by atoms with Crippen molar-refractivity contribution in [1.29, 1.82) is 0 Å². The third-order valence-electron chi connectivity index (χ3n) is 3.90. The van der Waals surface area contributed by atoms with Crippen molar-refractivity contribution in [2.75, 3.05) is 11.9 Å². The summed E-state index contributed by atoms with van der Waals surface area (Å²) in [7, 11) is 0. The van der Waals surface area contributed by atoms with Gasteiger partial charge in [0.25, 0.3) is 0 Å². The molecule has 2 N–H and O–H groups in total. The highest BCUT2D eigenvalue weighted by molar-refractivity contribution is 7.13. The van der Waals surface area contributed by atoms with Crippen LogP contribution < -0.4 is 10.6 Å². The molecule has 0 atom stereocenters. The Hall–Kier alpha value is -3.06. The number of anilines is 1. The Kier molecular flexibility index (Phi) is 6.27. The predicted molar refractivity (Wildman–Crippen MR) is 107 cm³/mol. The van der Waals surface area contributed by atoms with Gasteiger partial charge in [-0.1, -0.05) is 31.2 Å². The van der Waals surface area contributed by atoms with Crippen LogP contribution in [0.25, 0.3) is 10.7 Å². The van der Waals surface area contributed by atoms with Gasteiger partial charge in [0.2, 0.25) is 11.8 Å². The van der Waals surface area contributed by atoms with E-state index in [1.165, 1.54) is 11.3 Å². The van der Waals surface area contributed by atoms with Gasteiger partial charge in [0.1, 0.15) is 5.01 Å². The van der Waals surface area contributed by atoms with E-state index in [1.807, 2.05) is 54.8 Å². The molecule has 0 unspecified atom stereocenters. The lowest BCUT2D eigenvalue weighted by Crippen LogP contribution is -2.34. The van der Waals surface area contributed by atoms with Crippen LogP contribution in [0.4, 0.5) is 5.69 Å². The van der Waals surface area contributed by atoms with Crippen LogP contribution in [0, 0.1) is 0 Å². The molecule has 0 bridgehead atoms. The van der Waals surface area contributed by atoms with Crippen LogP contribution in [0.5, 0.6) is 0 Å². The maximum Gasteiger partial charge on any atom is 0.243 e. The summed E-state index contributed by atoms with van der Waals surface area (Å²) in [6.07, 6.45) is 2.66. The Balaban J connectivity index is 1.50. The number of nitrogens with zero attached hydrogens (tertiary/aromatic N) is 2. The molecule has 0 spiro atoms. The topological polar surface area (TPSA) is 84.0 Å². The molecule has 0 radical (unpaired) electrons. The van der Waals surface area contributed by atoms with Crippen molar-refractivity contribution in [3.05, 3.63) is 65.3 Å². The Morgan fingerprint density at radius 3 is 2.67 bits per heavy atom. The van der Waals surface area contributed by atoms with Crippen molar-refractivity contribution in [1.82, 2.24) is 15.3 Å². The third-order valence-corrected chi connectivity index (χ3v) is 4.81. The summed E-state index contributed by atoms with van der Waals surface area (Å²) in [5.74, 6) is -0.497. The number of thiazole rings is 1. The molecule has 3 rings (SSSR count). The normalized spacial score (nSPS) is 10.4. The minimum Gasteiger partial charge on any atom is -0.347 e. The molecule has 3 aromatic rings. The first-order valence-corrected chi connectivity index (χ1v) is 9.54. The summed E-state index contributed by atoms with van der Waals surface area (Å²) in [6.45, 7) is 1.95. The Morgan fingerprint density at radius 1 is 1.07 bits per heavy atom. The molecule has 0 saturated heterocycles. The van der Waals surface area contributed by atoms with Crippen LogP contribution in [-0.2, 0) is 22.4 Å². The number of carbonyl (C=O) groups is 2. The molecular weight excluding hydrogens is 360 g/mol. The summed E-state index contributed by atoms with van der Waals surface area (Å²) in [5.41, 5.74) is 3.28. The quantitative estimate of drug-likeness (QED) is 0.660. The van der Waals surface area contributed by atoms with E-state index in [4.69, 9.17) is 0 Å². The fourth-order valence-electron chi connectivity index (χ4n) is 2.55. The number of hydrogen-bond acceptors (Lipinski definition) is 5. The zero-order valence-electron chi connectivity index (χ0n) is 14.9. The Morgan fingerprint density at radius 2 is 1.89 bits per heavy atom. The standard InChI is InChI=1S/C20H20N4O2S/c1-2-14-7-3-4-8-16(14)24-19(26)12-22-18(25)11-15-13-27-20(23-15)17-9-5-6-10-21-17/h3-10,13H,2,11-12H2,1H3,(H,22,25)(H,24,26). The molecule has 2 heterocycles. The lowest BCUT2D eigenvalue weighted by molar-refractivity contribution is -0.123. The highest BCUT2D eigenvalue weighted by atomic mass is 32.1. The monoisotopic (exact) mass is 380 g/mol. The SMILES string of the molecule is CCc1ccccc1NC(=O)CNC(=O)Cc1csc(-c2ccccn2)n1. The molecule has 0 aliphatic carbocycles. The van der Waals surface area contributed by atoms with E-state index in [0.717, 1.165) is 28.4 Å². The van der Waals surface area contributed by atoms with Crippen molar-refractivity contribution < 1.29 is 9.59 Å². The first kappa shape index (κ1) is 18.7. The molecule has 138 valence electrons. The molecule has 2 aromatic heterocycles. The van der Waals surface area contributed by atoms with Gasteiger partial charge in [-0.3, -0.25) is 14.6 Å². The average molecular weight is 380 g/mol. The highest BCUT2D eigenvalue weighted by Crippen LogP contribution is 2.21. The van der Waals surface area contributed by atoms with Gasteiger partial charge in [-0.15, -0.1) is 11.3 Å². The Labute approximate surface area is 161 Å². The van der Waals surface area contributed by atoms with Gasteiger partial charge < -0.3 is 10.6 Å². The summed E-state index contributed by atoms with van der Waals surface area (Å²) < 4.78 is 0. The number of hydrogen-bond donors (Lipinski definition) is 2. The van der Waals surface area contributed by atoms with Gasteiger partial charge in [-0.2, -0.15) is 0 Å². The van der Waals surface area contributed by atoms with E-state index in [-0.39, 0.29) is 24.8 Å². The fourth-order valence-corrected chi connectivity index (χ4v) is 3.34.